The van der Waals surface area contributed by atoms with E-state index in [1.807, 2.05) is 0 Å². The summed E-state index contributed by atoms with van der Waals surface area (Å²) in [5.74, 6) is -1.83. The predicted molar refractivity (Wildman–Crippen MR) is 60.6 cm³/mol. The van der Waals surface area contributed by atoms with Crippen LogP contribution in [0, 0.1) is 0 Å². The van der Waals surface area contributed by atoms with Crippen molar-refractivity contribution in [2.75, 3.05) is 14.2 Å². The molecule has 0 fully saturated rings. The molecule has 18 heavy (non-hydrogen) atoms. The van der Waals surface area contributed by atoms with Crippen molar-refractivity contribution in [3.05, 3.63) is 23.3 Å². The molecule has 0 aliphatic rings. The van der Waals surface area contributed by atoms with E-state index in [2.05, 4.69) is 0 Å². The van der Waals surface area contributed by atoms with Crippen LogP contribution in [0.3, 0.4) is 0 Å². The van der Waals surface area contributed by atoms with Crippen molar-refractivity contribution in [3.63, 3.8) is 0 Å². The third kappa shape index (κ3) is 2.69. The van der Waals surface area contributed by atoms with Gasteiger partial charge >= 0.3 is 5.97 Å². The van der Waals surface area contributed by atoms with Crippen LogP contribution in [0.25, 0.3) is 0 Å². The van der Waals surface area contributed by atoms with Gasteiger partial charge in [0.1, 0.15) is 0 Å². The maximum Gasteiger partial charge on any atom is 0.310 e. The molecule has 0 aliphatic carbocycles. The second kappa shape index (κ2) is 5.66. The summed E-state index contributed by atoms with van der Waals surface area (Å²) in [6.07, 6.45) is -2.70. The molecule has 0 amide bonds. The lowest BCUT2D eigenvalue weighted by Crippen LogP contribution is -2.10. The van der Waals surface area contributed by atoms with Crippen molar-refractivity contribution in [2.45, 2.75) is 19.3 Å². The number of hydrogen-bond acceptors (Lipinski definition) is 3. The number of methoxy groups -OCH3 is 2. The van der Waals surface area contributed by atoms with Gasteiger partial charge in [-0.1, -0.05) is 0 Å². The van der Waals surface area contributed by atoms with Crippen molar-refractivity contribution in [3.8, 4) is 11.5 Å². The lowest BCUT2D eigenvalue weighted by molar-refractivity contribution is -0.138. The molecular formula is C12H14F2O4. The summed E-state index contributed by atoms with van der Waals surface area (Å²) in [6, 6.07) is 2.27. The molecule has 0 spiro atoms. The minimum absolute atomic E-state index is 0.0957. The summed E-state index contributed by atoms with van der Waals surface area (Å²) in [5.41, 5.74) is -0.129. The van der Waals surface area contributed by atoms with E-state index in [4.69, 9.17) is 14.6 Å². The molecular weight excluding hydrogens is 246 g/mol. The zero-order valence-corrected chi connectivity index (χ0v) is 10.2. The zero-order valence-electron chi connectivity index (χ0n) is 10.2. The molecule has 0 heterocycles. The maximum atomic E-state index is 12.7. The van der Waals surface area contributed by atoms with E-state index in [0.717, 1.165) is 12.1 Å². The van der Waals surface area contributed by atoms with E-state index in [1.54, 1.807) is 0 Å². The van der Waals surface area contributed by atoms with Crippen LogP contribution in [0.1, 0.15) is 30.4 Å². The number of halogens is 2. The van der Waals surface area contributed by atoms with Crippen LogP contribution in [0.5, 0.6) is 11.5 Å². The summed E-state index contributed by atoms with van der Waals surface area (Å²) >= 11 is 0. The topological polar surface area (TPSA) is 55.8 Å². The predicted octanol–water partition coefficient (Wildman–Crippen LogP) is 2.83. The van der Waals surface area contributed by atoms with Gasteiger partial charge in [0.05, 0.1) is 20.1 Å². The molecule has 0 radical (unpaired) electrons. The molecule has 0 saturated heterocycles. The highest BCUT2D eigenvalue weighted by atomic mass is 19.3. The van der Waals surface area contributed by atoms with Crippen molar-refractivity contribution in [2.24, 2.45) is 0 Å². The van der Waals surface area contributed by atoms with Crippen molar-refractivity contribution < 1.29 is 28.2 Å². The molecule has 0 aromatic heterocycles. The van der Waals surface area contributed by atoms with E-state index in [9.17, 15) is 13.6 Å². The number of rotatable bonds is 5. The Labute approximate surface area is 103 Å². The third-order valence-electron chi connectivity index (χ3n) is 2.62. The highest BCUT2D eigenvalue weighted by molar-refractivity contribution is 5.77. The first-order valence-corrected chi connectivity index (χ1v) is 5.19. The average molecular weight is 260 g/mol. The van der Waals surface area contributed by atoms with Crippen molar-refractivity contribution in [1.82, 2.24) is 0 Å². The van der Waals surface area contributed by atoms with Gasteiger partial charge in [-0.15, -0.1) is 0 Å². The summed E-state index contributed by atoms with van der Waals surface area (Å²) in [4.78, 5) is 11.0. The molecule has 4 nitrogen and oxygen atoms in total. The van der Waals surface area contributed by atoms with Gasteiger partial charge in [-0.05, 0) is 19.1 Å². The fourth-order valence-corrected chi connectivity index (χ4v) is 1.60. The Balaban J connectivity index is 3.44. The quantitative estimate of drug-likeness (QED) is 0.884. The molecule has 1 aromatic rings. The van der Waals surface area contributed by atoms with Gasteiger partial charge in [-0.2, -0.15) is 0 Å². The Morgan fingerprint density at radius 3 is 2.28 bits per heavy atom. The van der Waals surface area contributed by atoms with E-state index >= 15 is 0 Å². The Kier molecular flexibility index (Phi) is 4.47. The number of aliphatic carboxylic acids is 1. The highest BCUT2D eigenvalue weighted by Gasteiger charge is 2.24. The van der Waals surface area contributed by atoms with Gasteiger partial charge in [0.15, 0.2) is 11.5 Å². The molecule has 1 N–H and O–H groups in total. The van der Waals surface area contributed by atoms with Crippen LogP contribution in [0.4, 0.5) is 8.78 Å². The van der Waals surface area contributed by atoms with E-state index in [1.165, 1.54) is 21.1 Å². The lowest BCUT2D eigenvalue weighted by Gasteiger charge is -2.17. The molecule has 0 saturated carbocycles. The van der Waals surface area contributed by atoms with Crippen LogP contribution >= 0.6 is 0 Å². The van der Waals surface area contributed by atoms with Gasteiger partial charge < -0.3 is 14.6 Å². The zero-order chi connectivity index (χ0) is 13.9. The smallest absolute Gasteiger partial charge is 0.310 e. The summed E-state index contributed by atoms with van der Waals surface area (Å²) in [7, 11) is 2.64. The molecule has 1 unspecified atom stereocenters. The summed E-state index contributed by atoms with van der Waals surface area (Å²) < 4.78 is 35.4. The standard InChI is InChI=1S/C12H14F2O4/c1-6(12(15)16)8-4-7(11(13)14)5-9(17-2)10(8)18-3/h4-6,11H,1-3H3,(H,15,16). The van der Waals surface area contributed by atoms with Crippen LogP contribution < -0.4 is 9.47 Å². The highest BCUT2D eigenvalue weighted by Crippen LogP contribution is 2.39. The first-order chi connectivity index (χ1) is 8.42. The number of hydrogen-bond donors (Lipinski definition) is 1. The molecule has 1 rings (SSSR count). The Bertz CT molecular complexity index is 446. The molecule has 1 aromatic carbocycles. The third-order valence-corrected chi connectivity index (χ3v) is 2.62. The SMILES string of the molecule is COc1cc(C(F)F)cc(C(C)C(=O)O)c1OC. The van der Waals surface area contributed by atoms with Crippen LogP contribution in [0.2, 0.25) is 0 Å². The van der Waals surface area contributed by atoms with E-state index in [-0.39, 0.29) is 22.6 Å². The van der Waals surface area contributed by atoms with E-state index < -0.39 is 18.3 Å². The van der Waals surface area contributed by atoms with Crippen molar-refractivity contribution in [1.29, 1.82) is 0 Å². The normalized spacial score (nSPS) is 12.3. The van der Waals surface area contributed by atoms with Gasteiger partial charge in [0.2, 0.25) is 0 Å². The molecule has 1 atom stereocenters. The van der Waals surface area contributed by atoms with Gasteiger partial charge in [-0.25, -0.2) is 8.78 Å². The van der Waals surface area contributed by atoms with Gasteiger partial charge in [-0.3, -0.25) is 4.79 Å². The lowest BCUT2D eigenvalue weighted by atomic mass is 9.97. The number of carboxylic acids is 1. The molecule has 0 bridgehead atoms. The first kappa shape index (κ1) is 14.2. The molecule has 0 aliphatic heterocycles. The van der Waals surface area contributed by atoms with Crippen LogP contribution in [0.15, 0.2) is 12.1 Å². The second-order valence-electron chi connectivity index (χ2n) is 3.71. The summed E-state index contributed by atoms with van der Waals surface area (Å²) in [5, 5.41) is 8.96. The maximum absolute atomic E-state index is 12.7. The van der Waals surface area contributed by atoms with Crippen LogP contribution in [-0.2, 0) is 4.79 Å². The number of ether oxygens (including phenoxy) is 2. The first-order valence-electron chi connectivity index (χ1n) is 5.19. The fourth-order valence-electron chi connectivity index (χ4n) is 1.60. The monoisotopic (exact) mass is 260 g/mol. The van der Waals surface area contributed by atoms with Gasteiger partial charge in [0, 0.05) is 11.1 Å². The van der Waals surface area contributed by atoms with Crippen molar-refractivity contribution >= 4 is 5.97 Å². The summed E-state index contributed by atoms with van der Waals surface area (Å²) in [6.45, 7) is 1.40. The van der Waals surface area contributed by atoms with Crippen LogP contribution in [-0.4, -0.2) is 25.3 Å². The Hall–Kier alpha value is -1.85. The number of benzene rings is 1. The average Bonchev–Trinajstić information content (AvgIpc) is 2.35. The Morgan fingerprint density at radius 1 is 1.28 bits per heavy atom. The minimum Gasteiger partial charge on any atom is -0.493 e. The molecule has 6 heteroatoms. The Morgan fingerprint density at radius 2 is 1.89 bits per heavy atom. The second-order valence-corrected chi connectivity index (χ2v) is 3.71. The minimum atomic E-state index is -2.70. The van der Waals surface area contributed by atoms with Gasteiger partial charge in [0.25, 0.3) is 6.43 Å². The number of carboxylic acid groups (broad SMARTS) is 1. The van der Waals surface area contributed by atoms with E-state index in [0.29, 0.717) is 0 Å². The largest absolute Gasteiger partial charge is 0.493 e. The number of carbonyl (C=O) groups is 1. The number of alkyl halides is 2. The molecule has 100 valence electrons. The fraction of sp³-hybridized carbons (Fsp3) is 0.417.